The van der Waals surface area contributed by atoms with Gasteiger partial charge < -0.3 is 35.3 Å². The largest absolute Gasteiger partial charge is 0.394 e. The Morgan fingerprint density at radius 3 is 2.92 bits per heavy atom. The predicted octanol–water partition coefficient (Wildman–Crippen LogP) is -0.475. The zero-order valence-electron chi connectivity index (χ0n) is 14.2. The minimum atomic E-state index is -1.65. The molecule has 4 heterocycles. The molecule has 1 saturated heterocycles. The second-order valence-corrected chi connectivity index (χ2v) is 6.54. The van der Waals surface area contributed by atoms with Crippen LogP contribution in [0.5, 0.6) is 0 Å². The quantitative estimate of drug-likeness (QED) is 0.494. The summed E-state index contributed by atoms with van der Waals surface area (Å²) >= 11 is 0. The monoisotopic (exact) mass is 361 g/mol. The van der Waals surface area contributed by atoms with Crippen LogP contribution in [-0.2, 0) is 4.74 Å². The van der Waals surface area contributed by atoms with E-state index >= 15 is 0 Å². The summed E-state index contributed by atoms with van der Waals surface area (Å²) in [5, 5.41) is 37.5. The average Bonchev–Trinajstić information content (AvgIpc) is 3.04. The molecule has 0 amide bonds. The fourth-order valence-corrected chi connectivity index (χ4v) is 3.52. The first-order valence-electron chi connectivity index (χ1n) is 8.12. The predicted molar refractivity (Wildman–Crippen MR) is 95.0 cm³/mol. The van der Waals surface area contributed by atoms with E-state index in [9.17, 15) is 20.1 Å². The molecule has 4 rings (SSSR count). The molecule has 2 aromatic rings. The van der Waals surface area contributed by atoms with Crippen LogP contribution in [0.25, 0.3) is 10.8 Å². The van der Waals surface area contributed by atoms with E-state index in [1.54, 1.807) is 17.8 Å². The van der Waals surface area contributed by atoms with Crippen molar-refractivity contribution in [3.8, 4) is 0 Å². The van der Waals surface area contributed by atoms with Gasteiger partial charge in [0.25, 0.3) is 5.56 Å². The highest BCUT2D eigenvalue weighted by molar-refractivity contribution is 6.10. The van der Waals surface area contributed by atoms with Gasteiger partial charge in [0, 0.05) is 30.4 Å². The molecule has 10 heteroatoms. The van der Waals surface area contributed by atoms with Crippen LogP contribution in [0.15, 0.2) is 22.1 Å². The van der Waals surface area contributed by atoms with Crippen molar-refractivity contribution in [2.24, 2.45) is 4.99 Å². The van der Waals surface area contributed by atoms with Crippen molar-refractivity contribution in [1.82, 2.24) is 9.55 Å². The Balaban J connectivity index is 1.99. The van der Waals surface area contributed by atoms with E-state index in [2.05, 4.69) is 20.6 Å². The number of aliphatic hydroxyl groups is 3. The highest BCUT2D eigenvalue weighted by atomic mass is 16.6. The summed E-state index contributed by atoms with van der Waals surface area (Å²) in [6, 6.07) is 1.37. The van der Waals surface area contributed by atoms with Crippen molar-refractivity contribution < 1.29 is 20.1 Å². The molecule has 5 N–H and O–H groups in total. The lowest BCUT2D eigenvalue weighted by Crippen LogP contribution is -2.44. The first-order chi connectivity index (χ1) is 12.4. The van der Waals surface area contributed by atoms with Crippen molar-refractivity contribution >= 4 is 34.4 Å². The molecular weight excluding hydrogens is 342 g/mol. The molecule has 0 bridgehead atoms. The van der Waals surface area contributed by atoms with Crippen LogP contribution in [0.3, 0.4) is 0 Å². The van der Waals surface area contributed by atoms with Crippen LogP contribution in [0.2, 0.25) is 0 Å². The van der Waals surface area contributed by atoms with Crippen molar-refractivity contribution in [2.75, 3.05) is 24.3 Å². The molecule has 0 aromatic carbocycles. The van der Waals surface area contributed by atoms with E-state index in [1.807, 2.05) is 0 Å². The number of hydrogen-bond acceptors (Lipinski definition) is 9. The summed E-state index contributed by atoms with van der Waals surface area (Å²) in [6.45, 7) is 1.01. The molecule has 10 nitrogen and oxygen atoms in total. The smallest absolute Gasteiger partial charge is 0.273 e. The van der Waals surface area contributed by atoms with Crippen LogP contribution in [0, 0.1) is 0 Å². The number of hydrogen-bond donors (Lipinski definition) is 5. The third kappa shape index (κ3) is 2.23. The maximum atomic E-state index is 12.0. The van der Waals surface area contributed by atoms with Gasteiger partial charge in [0.1, 0.15) is 29.4 Å². The Kier molecular flexibility index (Phi) is 3.74. The van der Waals surface area contributed by atoms with Gasteiger partial charge in [-0.1, -0.05) is 0 Å². The number of nitrogens with one attached hydrogen (secondary N) is 2. The molecule has 2 aromatic heterocycles. The van der Waals surface area contributed by atoms with Crippen LogP contribution in [-0.4, -0.2) is 62.7 Å². The third-order valence-corrected chi connectivity index (χ3v) is 4.87. The van der Waals surface area contributed by atoms with E-state index in [4.69, 9.17) is 4.74 Å². The number of aromatic nitrogens is 2. The molecule has 0 aliphatic carbocycles. The van der Waals surface area contributed by atoms with Crippen molar-refractivity contribution in [1.29, 1.82) is 0 Å². The van der Waals surface area contributed by atoms with Gasteiger partial charge in [-0.15, -0.1) is 0 Å². The molecule has 2 unspecified atom stereocenters. The lowest BCUT2D eigenvalue weighted by atomic mass is 9.96. The van der Waals surface area contributed by atoms with E-state index < -0.39 is 36.2 Å². The molecule has 4 atom stereocenters. The van der Waals surface area contributed by atoms with Crippen LogP contribution >= 0.6 is 0 Å². The Labute approximate surface area is 147 Å². The lowest BCUT2D eigenvalue weighted by molar-refractivity contribution is -0.0955. The molecular formula is C16H19N5O5. The maximum absolute atomic E-state index is 12.0. The van der Waals surface area contributed by atoms with Gasteiger partial charge in [-0.25, -0.2) is 4.99 Å². The summed E-state index contributed by atoms with van der Waals surface area (Å²) in [7, 11) is 1.68. The number of aliphatic hydroxyl groups excluding tert-OH is 2. The van der Waals surface area contributed by atoms with Gasteiger partial charge >= 0.3 is 0 Å². The van der Waals surface area contributed by atoms with Crippen molar-refractivity contribution in [2.45, 2.75) is 31.0 Å². The molecule has 2 aliphatic rings. The van der Waals surface area contributed by atoms with E-state index in [-0.39, 0.29) is 0 Å². The number of nitrogens with zero attached hydrogens (tertiary/aromatic N) is 3. The summed E-state index contributed by atoms with van der Waals surface area (Å²) in [6.07, 6.45) is -0.114. The summed E-state index contributed by atoms with van der Waals surface area (Å²) in [5.74, 6) is 0.761. The van der Waals surface area contributed by atoms with Gasteiger partial charge in [-0.3, -0.25) is 4.79 Å². The minimum absolute atomic E-state index is 0.340. The van der Waals surface area contributed by atoms with E-state index in [0.29, 0.717) is 28.1 Å². The summed E-state index contributed by atoms with van der Waals surface area (Å²) in [5.41, 5.74) is -1.53. The van der Waals surface area contributed by atoms with Crippen LogP contribution < -0.4 is 16.2 Å². The minimum Gasteiger partial charge on any atom is -0.394 e. The molecule has 0 saturated carbocycles. The average molecular weight is 361 g/mol. The Bertz CT molecular complexity index is 970. The highest BCUT2D eigenvalue weighted by Crippen LogP contribution is 2.45. The standard InChI is InChI=1S/C16H19N5O5/c1-16(25)12(24)9(5-22)26-15(16)21-4-7-8(17-2)3-10(23)20-13-11(7)14(21)19-6-18-13/h3-4,6,9,12,15,17,22,24-25H,5H2,1-2H3,(H,18,19,20,23)/t9?,12-,15?,16+/m1/s1. The number of anilines is 2. The Morgan fingerprint density at radius 2 is 2.27 bits per heavy atom. The molecule has 0 radical (unpaired) electrons. The zero-order valence-corrected chi connectivity index (χ0v) is 14.2. The van der Waals surface area contributed by atoms with Gasteiger partial charge in [0.05, 0.1) is 18.3 Å². The normalized spacial score (nSPS) is 29.8. The Hall–Kier alpha value is -2.53. The topological polar surface area (TPSA) is 141 Å². The second-order valence-electron chi connectivity index (χ2n) is 6.54. The lowest BCUT2D eigenvalue weighted by Gasteiger charge is -2.28. The molecule has 0 spiro atoms. The molecule has 2 aliphatic heterocycles. The first-order valence-corrected chi connectivity index (χ1v) is 8.12. The van der Waals surface area contributed by atoms with Crippen LogP contribution in [0.1, 0.15) is 13.2 Å². The SMILES string of the molecule is CNc1cc(=O)nc2c3c(n(C4OC(CO)[C@@H](O)[C@]4(C)O)cc13)N=CN2. The molecule has 26 heavy (non-hydrogen) atoms. The maximum Gasteiger partial charge on any atom is 0.273 e. The van der Waals surface area contributed by atoms with E-state index in [1.165, 1.54) is 19.3 Å². The molecule has 1 fully saturated rings. The second kappa shape index (κ2) is 5.74. The van der Waals surface area contributed by atoms with Crippen molar-refractivity contribution in [3.63, 3.8) is 0 Å². The fourth-order valence-electron chi connectivity index (χ4n) is 3.52. The van der Waals surface area contributed by atoms with Crippen molar-refractivity contribution in [3.05, 3.63) is 22.6 Å². The van der Waals surface area contributed by atoms with Gasteiger partial charge in [-0.2, -0.15) is 4.98 Å². The highest BCUT2D eigenvalue weighted by Gasteiger charge is 2.53. The number of ether oxygens (including phenoxy) is 1. The number of rotatable bonds is 3. The third-order valence-electron chi connectivity index (χ3n) is 4.87. The summed E-state index contributed by atoms with van der Waals surface area (Å²) < 4.78 is 7.28. The number of aliphatic imine (C=N–C) groups is 1. The zero-order chi connectivity index (χ0) is 18.6. The summed E-state index contributed by atoms with van der Waals surface area (Å²) in [4.78, 5) is 20.3. The van der Waals surface area contributed by atoms with Gasteiger partial charge in [0.2, 0.25) is 0 Å². The van der Waals surface area contributed by atoms with E-state index in [0.717, 1.165) is 0 Å². The Morgan fingerprint density at radius 1 is 1.50 bits per heavy atom. The van der Waals surface area contributed by atoms with Gasteiger partial charge in [0.15, 0.2) is 6.23 Å². The first kappa shape index (κ1) is 16.9. The van der Waals surface area contributed by atoms with Crippen LogP contribution in [0.4, 0.5) is 17.3 Å². The van der Waals surface area contributed by atoms with Gasteiger partial charge in [-0.05, 0) is 6.92 Å². The molecule has 138 valence electrons. The fraction of sp³-hybridized carbons (Fsp3) is 0.438.